The van der Waals surface area contributed by atoms with E-state index in [9.17, 15) is 4.79 Å². The SMILES string of the molecule is CCOC(=O)C1(C)CCCCC1=NO. The maximum Gasteiger partial charge on any atom is 0.317 e. The molecule has 1 N–H and O–H groups in total. The number of carbonyl (C=O) groups excluding carboxylic acids is 1. The van der Waals surface area contributed by atoms with Gasteiger partial charge in [-0.05, 0) is 33.1 Å². The number of rotatable bonds is 2. The second-order valence-corrected chi connectivity index (χ2v) is 3.81. The highest BCUT2D eigenvalue weighted by atomic mass is 16.5. The molecule has 0 aromatic rings. The van der Waals surface area contributed by atoms with Crippen LogP contribution in [0.1, 0.15) is 39.5 Å². The summed E-state index contributed by atoms with van der Waals surface area (Å²) in [4.78, 5) is 11.7. The minimum atomic E-state index is -0.705. The zero-order chi connectivity index (χ0) is 10.6. The van der Waals surface area contributed by atoms with Crippen molar-refractivity contribution in [2.24, 2.45) is 10.6 Å². The van der Waals surface area contributed by atoms with Crippen molar-refractivity contribution in [3.05, 3.63) is 0 Å². The van der Waals surface area contributed by atoms with Gasteiger partial charge in [-0.1, -0.05) is 11.6 Å². The van der Waals surface area contributed by atoms with Crippen molar-refractivity contribution in [1.82, 2.24) is 0 Å². The molecule has 1 saturated carbocycles. The molecule has 1 atom stereocenters. The fourth-order valence-corrected chi connectivity index (χ4v) is 1.86. The first-order valence-corrected chi connectivity index (χ1v) is 5.03. The standard InChI is InChI=1S/C10H17NO3/c1-3-14-9(12)10(2)7-5-4-6-8(10)11-13/h13H,3-7H2,1-2H3. The molecule has 0 heterocycles. The molecule has 0 bridgehead atoms. The van der Waals surface area contributed by atoms with E-state index in [-0.39, 0.29) is 5.97 Å². The second-order valence-electron chi connectivity index (χ2n) is 3.81. The molecular weight excluding hydrogens is 182 g/mol. The zero-order valence-electron chi connectivity index (χ0n) is 8.75. The van der Waals surface area contributed by atoms with E-state index < -0.39 is 5.41 Å². The molecule has 0 radical (unpaired) electrons. The monoisotopic (exact) mass is 199 g/mol. The lowest BCUT2D eigenvalue weighted by Crippen LogP contribution is -2.40. The quantitative estimate of drug-likeness (QED) is 0.420. The Kier molecular flexibility index (Phi) is 3.49. The van der Waals surface area contributed by atoms with Gasteiger partial charge in [-0.15, -0.1) is 0 Å². The lowest BCUT2D eigenvalue weighted by Gasteiger charge is -2.31. The maximum absolute atomic E-state index is 11.7. The van der Waals surface area contributed by atoms with Gasteiger partial charge in [0.1, 0.15) is 5.41 Å². The lowest BCUT2D eigenvalue weighted by atomic mass is 9.74. The minimum absolute atomic E-state index is 0.271. The summed E-state index contributed by atoms with van der Waals surface area (Å²) < 4.78 is 4.99. The third kappa shape index (κ3) is 1.89. The predicted molar refractivity (Wildman–Crippen MR) is 52.4 cm³/mol. The van der Waals surface area contributed by atoms with Gasteiger partial charge in [-0.25, -0.2) is 0 Å². The lowest BCUT2D eigenvalue weighted by molar-refractivity contribution is -0.151. The molecule has 0 aromatic heterocycles. The largest absolute Gasteiger partial charge is 0.465 e. The van der Waals surface area contributed by atoms with Gasteiger partial charge < -0.3 is 9.94 Å². The first kappa shape index (κ1) is 11.0. The Morgan fingerprint density at radius 2 is 2.36 bits per heavy atom. The van der Waals surface area contributed by atoms with Crippen LogP contribution in [0, 0.1) is 5.41 Å². The van der Waals surface area contributed by atoms with Crippen LogP contribution >= 0.6 is 0 Å². The Balaban J connectivity index is 2.82. The molecule has 0 aliphatic heterocycles. The van der Waals surface area contributed by atoms with Gasteiger partial charge in [0.05, 0.1) is 12.3 Å². The Hall–Kier alpha value is -1.06. The van der Waals surface area contributed by atoms with Crippen LogP contribution in [0.5, 0.6) is 0 Å². The van der Waals surface area contributed by atoms with Gasteiger partial charge in [0.25, 0.3) is 0 Å². The molecule has 0 spiro atoms. The van der Waals surface area contributed by atoms with Crippen LogP contribution < -0.4 is 0 Å². The van der Waals surface area contributed by atoms with E-state index in [0.717, 1.165) is 12.8 Å². The number of hydrogen-bond acceptors (Lipinski definition) is 4. The van der Waals surface area contributed by atoms with Crippen LogP contribution in [0.25, 0.3) is 0 Å². The van der Waals surface area contributed by atoms with Crippen LogP contribution in [-0.2, 0) is 9.53 Å². The fourth-order valence-electron chi connectivity index (χ4n) is 1.86. The molecule has 1 unspecified atom stereocenters. The zero-order valence-corrected chi connectivity index (χ0v) is 8.75. The van der Waals surface area contributed by atoms with Crippen molar-refractivity contribution in [3.8, 4) is 0 Å². The Bertz CT molecular complexity index is 250. The molecule has 1 rings (SSSR count). The Morgan fingerprint density at radius 1 is 1.64 bits per heavy atom. The predicted octanol–water partition coefficient (Wildman–Crippen LogP) is 1.96. The van der Waals surface area contributed by atoms with E-state index in [1.165, 1.54) is 0 Å². The summed E-state index contributed by atoms with van der Waals surface area (Å²) in [6, 6.07) is 0. The molecule has 1 aliphatic rings. The molecule has 0 amide bonds. The first-order valence-electron chi connectivity index (χ1n) is 5.03. The highest BCUT2D eigenvalue weighted by molar-refractivity contribution is 6.06. The highest BCUT2D eigenvalue weighted by Crippen LogP contribution is 2.34. The van der Waals surface area contributed by atoms with Gasteiger partial charge >= 0.3 is 5.97 Å². The number of hydrogen-bond donors (Lipinski definition) is 1. The average molecular weight is 199 g/mol. The van der Waals surface area contributed by atoms with E-state index >= 15 is 0 Å². The van der Waals surface area contributed by atoms with Crippen LogP contribution in [0.15, 0.2) is 5.16 Å². The molecule has 0 saturated heterocycles. The van der Waals surface area contributed by atoms with Crippen molar-refractivity contribution in [1.29, 1.82) is 0 Å². The summed E-state index contributed by atoms with van der Waals surface area (Å²) >= 11 is 0. The molecule has 14 heavy (non-hydrogen) atoms. The highest BCUT2D eigenvalue weighted by Gasteiger charge is 2.42. The molecule has 1 fully saturated rings. The van der Waals surface area contributed by atoms with Gasteiger partial charge in [0.15, 0.2) is 0 Å². The van der Waals surface area contributed by atoms with Crippen molar-refractivity contribution in [3.63, 3.8) is 0 Å². The van der Waals surface area contributed by atoms with Crippen molar-refractivity contribution < 1.29 is 14.7 Å². The fraction of sp³-hybridized carbons (Fsp3) is 0.800. The van der Waals surface area contributed by atoms with E-state index in [4.69, 9.17) is 9.94 Å². The van der Waals surface area contributed by atoms with Crippen molar-refractivity contribution in [2.45, 2.75) is 39.5 Å². The third-order valence-electron chi connectivity index (χ3n) is 2.82. The van der Waals surface area contributed by atoms with Crippen LogP contribution in [0.4, 0.5) is 0 Å². The molecule has 4 nitrogen and oxygen atoms in total. The molecule has 80 valence electrons. The number of ether oxygens (including phenoxy) is 1. The van der Waals surface area contributed by atoms with Crippen molar-refractivity contribution in [2.75, 3.05) is 6.61 Å². The molecule has 4 heteroatoms. The summed E-state index contributed by atoms with van der Waals surface area (Å²) in [6.07, 6.45) is 3.36. The van der Waals surface area contributed by atoms with E-state index in [0.29, 0.717) is 25.2 Å². The summed E-state index contributed by atoms with van der Waals surface area (Å²) in [5.41, 5.74) is -0.148. The van der Waals surface area contributed by atoms with Crippen LogP contribution in [0.3, 0.4) is 0 Å². The van der Waals surface area contributed by atoms with Crippen LogP contribution in [-0.4, -0.2) is 23.5 Å². The Morgan fingerprint density at radius 3 is 2.93 bits per heavy atom. The van der Waals surface area contributed by atoms with Gasteiger partial charge in [-0.3, -0.25) is 4.79 Å². The maximum atomic E-state index is 11.7. The topological polar surface area (TPSA) is 58.9 Å². The number of oxime groups is 1. The third-order valence-corrected chi connectivity index (χ3v) is 2.82. The van der Waals surface area contributed by atoms with Crippen LogP contribution in [0.2, 0.25) is 0 Å². The Labute approximate surface area is 83.9 Å². The smallest absolute Gasteiger partial charge is 0.317 e. The minimum Gasteiger partial charge on any atom is -0.465 e. The normalized spacial score (nSPS) is 30.3. The van der Waals surface area contributed by atoms with Gasteiger partial charge in [0, 0.05) is 0 Å². The van der Waals surface area contributed by atoms with E-state index in [1.54, 1.807) is 13.8 Å². The number of esters is 1. The number of carbonyl (C=O) groups is 1. The summed E-state index contributed by atoms with van der Waals surface area (Å²) in [5.74, 6) is -0.271. The molecule has 0 aromatic carbocycles. The molecular formula is C10H17NO3. The van der Waals surface area contributed by atoms with Gasteiger partial charge in [-0.2, -0.15) is 0 Å². The summed E-state index contributed by atoms with van der Waals surface area (Å²) in [5, 5.41) is 12.0. The summed E-state index contributed by atoms with van der Waals surface area (Å²) in [6.45, 7) is 3.94. The first-order chi connectivity index (χ1) is 6.65. The number of nitrogens with zero attached hydrogens (tertiary/aromatic N) is 1. The summed E-state index contributed by atoms with van der Waals surface area (Å²) in [7, 11) is 0. The van der Waals surface area contributed by atoms with E-state index in [1.807, 2.05) is 0 Å². The molecule has 1 aliphatic carbocycles. The average Bonchev–Trinajstić information content (AvgIpc) is 2.19. The second kappa shape index (κ2) is 4.44. The van der Waals surface area contributed by atoms with Gasteiger partial charge in [0.2, 0.25) is 0 Å². The van der Waals surface area contributed by atoms with E-state index in [2.05, 4.69) is 5.16 Å². The van der Waals surface area contributed by atoms with Crippen molar-refractivity contribution >= 4 is 11.7 Å².